The third-order valence-electron chi connectivity index (χ3n) is 2.88. The number of anilines is 1. The molecule has 1 aromatic rings. The van der Waals surface area contributed by atoms with Crippen molar-refractivity contribution in [3.8, 4) is 0 Å². The van der Waals surface area contributed by atoms with Crippen molar-refractivity contribution in [3.05, 3.63) is 29.3 Å². The van der Waals surface area contributed by atoms with E-state index in [4.69, 9.17) is 5.11 Å². The van der Waals surface area contributed by atoms with Crippen LogP contribution in [0.2, 0.25) is 0 Å². The van der Waals surface area contributed by atoms with E-state index >= 15 is 0 Å². The van der Waals surface area contributed by atoms with E-state index in [9.17, 15) is 9.18 Å². The van der Waals surface area contributed by atoms with Gasteiger partial charge in [-0.3, -0.25) is 4.39 Å². The van der Waals surface area contributed by atoms with Crippen molar-refractivity contribution < 1.29 is 14.3 Å². The first kappa shape index (κ1) is 10.9. The number of hydrogen-bond acceptors (Lipinski definition) is 2. The fourth-order valence-electron chi connectivity index (χ4n) is 2.09. The minimum atomic E-state index is -0.898. The maximum Gasteiger partial charge on any atom is 0.335 e. The van der Waals surface area contributed by atoms with Crippen molar-refractivity contribution in [1.29, 1.82) is 0 Å². The Kier molecular flexibility index (Phi) is 3.08. The highest BCUT2D eigenvalue weighted by Crippen LogP contribution is 2.28. The van der Waals surface area contributed by atoms with Gasteiger partial charge in [-0.2, -0.15) is 0 Å². The summed E-state index contributed by atoms with van der Waals surface area (Å²) < 4.78 is 12.1. The number of fused-ring (bicyclic) bond motifs is 1. The van der Waals surface area contributed by atoms with E-state index in [1.54, 1.807) is 12.1 Å². The number of hydrogen-bond donors (Lipinski definition) is 1. The second-order valence-electron chi connectivity index (χ2n) is 3.93. The fraction of sp³-hybridized carbons (Fsp3) is 0.417. The quantitative estimate of drug-likeness (QED) is 0.849. The topological polar surface area (TPSA) is 40.5 Å². The molecule has 3 nitrogen and oxygen atoms in total. The Bertz CT molecular complexity index is 406. The number of carboxylic acid groups (broad SMARTS) is 1. The Morgan fingerprint density at radius 3 is 3.00 bits per heavy atom. The van der Waals surface area contributed by atoms with E-state index in [0.29, 0.717) is 18.5 Å². The largest absolute Gasteiger partial charge is 0.478 e. The van der Waals surface area contributed by atoms with Crippen LogP contribution in [0.4, 0.5) is 10.1 Å². The van der Waals surface area contributed by atoms with Gasteiger partial charge in [-0.15, -0.1) is 0 Å². The molecule has 0 spiro atoms. The van der Waals surface area contributed by atoms with Crippen LogP contribution in [-0.4, -0.2) is 30.8 Å². The summed E-state index contributed by atoms with van der Waals surface area (Å²) in [5.41, 5.74) is 2.43. The fourth-order valence-corrected chi connectivity index (χ4v) is 2.09. The molecule has 0 aliphatic carbocycles. The molecular formula is C12H14FNO2. The van der Waals surface area contributed by atoms with Gasteiger partial charge in [-0.05, 0) is 36.6 Å². The molecular weight excluding hydrogens is 209 g/mol. The van der Waals surface area contributed by atoms with Gasteiger partial charge < -0.3 is 10.0 Å². The standard InChI is InChI=1S/C12H14FNO2/c13-5-1-6-14-7-4-9-8-10(12(15)16)2-3-11(9)14/h2-3,8H,1,4-7H2,(H,15,16). The third-order valence-corrected chi connectivity index (χ3v) is 2.88. The molecule has 1 N–H and O–H groups in total. The summed E-state index contributed by atoms with van der Waals surface area (Å²) in [5.74, 6) is -0.898. The van der Waals surface area contributed by atoms with Gasteiger partial charge >= 0.3 is 5.97 Å². The van der Waals surface area contributed by atoms with Gasteiger partial charge in [-0.25, -0.2) is 4.79 Å². The predicted octanol–water partition coefficient (Wildman–Crippen LogP) is 2.11. The van der Waals surface area contributed by atoms with Crippen molar-refractivity contribution in [2.75, 3.05) is 24.7 Å². The molecule has 0 bridgehead atoms. The zero-order valence-corrected chi connectivity index (χ0v) is 8.95. The number of carbonyl (C=O) groups is 1. The molecule has 0 unspecified atom stereocenters. The van der Waals surface area contributed by atoms with E-state index in [-0.39, 0.29) is 6.67 Å². The van der Waals surface area contributed by atoms with E-state index in [1.807, 2.05) is 6.07 Å². The molecule has 0 atom stereocenters. The third kappa shape index (κ3) is 2.01. The van der Waals surface area contributed by atoms with Gasteiger partial charge in [0, 0.05) is 18.8 Å². The highest BCUT2D eigenvalue weighted by atomic mass is 19.1. The molecule has 4 heteroatoms. The number of aromatic carboxylic acids is 1. The smallest absolute Gasteiger partial charge is 0.335 e. The van der Waals surface area contributed by atoms with Crippen molar-refractivity contribution in [3.63, 3.8) is 0 Å². The first-order chi connectivity index (χ1) is 7.72. The monoisotopic (exact) mass is 223 g/mol. The summed E-state index contributed by atoms with van der Waals surface area (Å²) in [7, 11) is 0. The minimum Gasteiger partial charge on any atom is -0.478 e. The predicted molar refractivity (Wildman–Crippen MR) is 59.9 cm³/mol. The van der Waals surface area contributed by atoms with Gasteiger partial charge in [0.05, 0.1) is 12.2 Å². The van der Waals surface area contributed by atoms with Crippen LogP contribution in [0.3, 0.4) is 0 Å². The van der Waals surface area contributed by atoms with Crippen LogP contribution < -0.4 is 4.90 Å². The van der Waals surface area contributed by atoms with Crippen molar-refractivity contribution in [2.24, 2.45) is 0 Å². The maximum atomic E-state index is 12.1. The van der Waals surface area contributed by atoms with Gasteiger partial charge in [-0.1, -0.05) is 0 Å². The Morgan fingerprint density at radius 1 is 1.50 bits per heavy atom. The van der Waals surface area contributed by atoms with Crippen LogP contribution in [0.15, 0.2) is 18.2 Å². The average Bonchev–Trinajstić information content (AvgIpc) is 2.68. The lowest BCUT2D eigenvalue weighted by Crippen LogP contribution is -2.21. The lowest BCUT2D eigenvalue weighted by atomic mass is 10.1. The molecule has 0 amide bonds. The lowest BCUT2D eigenvalue weighted by Gasteiger charge is -2.18. The highest BCUT2D eigenvalue weighted by molar-refractivity contribution is 5.88. The van der Waals surface area contributed by atoms with Gasteiger partial charge in [0.1, 0.15) is 0 Å². The summed E-state index contributed by atoms with van der Waals surface area (Å²) in [4.78, 5) is 12.9. The van der Waals surface area contributed by atoms with Crippen LogP contribution >= 0.6 is 0 Å². The average molecular weight is 223 g/mol. The van der Waals surface area contributed by atoms with Crippen molar-refractivity contribution >= 4 is 11.7 Å². The Labute approximate surface area is 93.5 Å². The molecule has 0 aromatic heterocycles. The number of benzene rings is 1. The lowest BCUT2D eigenvalue weighted by molar-refractivity contribution is 0.0697. The van der Waals surface area contributed by atoms with Crippen LogP contribution in [-0.2, 0) is 6.42 Å². The van der Waals surface area contributed by atoms with E-state index in [2.05, 4.69) is 4.90 Å². The van der Waals surface area contributed by atoms with Crippen molar-refractivity contribution in [2.45, 2.75) is 12.8 Å². The second kappa shape index (κ2) is 4.51. The maximum absolute atomic E-state index is 12.1. The second-order valence-corrected chi connectivity index (χ2v) is 3.93. The summed E-state index contributed by atoms with van der Waals surface area (Å²) in [5, 5.41) is 8.86. The minimum absolute atomic E-state index is 0.307. The molecule has 86 valence electrons. The molecule has 1 heterocycles. The molecule has 16 heavy (non-hydrogen) atoms. The molecule has 2 rings (SSSR count). The Balaban J connectivity index is 2.18. The number of carboxylic acids is 1. The zero-order valence-electron chi connectivity index (χ0n) is 8.95. The SMILES string of the molecule is O=C(O)c1ccc2c(c1)CCN2CCCF. The molecule has 0 radical (unpaired) electrons. The molecule has 0 saturated carbocycles. The van der Waals surface area contributed by atoms with Crippen LogP contribution in [0, 0.1) is 0 Å². The summed E-state index contributed by atoms with van der Waals surface area (Å²) in [6, 6.07) is 5.14. The first-order valence-electron chi connectivity index (χ1n) is 5.39. The van der Waals surface area contributed by atoms with Gasteiger partial charge in [0.2, 0.25) is 0 Å². The van der Waals surface area contributed by atoms with Crippen molar-refractivity contribution in [1.82, 2.24) is 0 Å². The molecule has 0 saturated heterocycles. The number of rotatable bonds is 4. The highest BCUT2D eigenvalue weighted by Gasteiger charge is 2.19. The molecule has 1 aliphatic rings. The van der Waals surface area contributed by atoms with E-state index in [1.165, 1.54) is 0 Å². The number of nitrogens with zero attached hydrogens (tertiary/aromatic N) is 1. The normalized spacial score (nSPS) is 13.9. The van der Waals surface area contributed by atoms with Crippen LogP contribution in [0.1, 0.15) is 22.3 Å². The Hall–Kier alpha value is -1.58. The number of halogens is 1. The summed E-state index contributed by atoms with van der Waals surface area (Å²) in [6.45, 7) is 1.26. The number of alkyl halides is 1. The van der Waals surface area contributed by atoms with E-state index < -0.39 is 5.97 Å². The van der Waals surface area contributed by atoms with Crippen LogP contribution in [0.5, 0.6) is 0 Å². The Morgan fingerprint density at radius 2 is 2.31 bits per heavy atom. The first-order valence-corrected chi connectivity index (χ1v) is 5.39. The zero-order chi connectivity index (χ0) is 11.5. The molecule has 0 fully saturated rings. The van der Waals surface area contributed by atoms with Gasteiger partial charge in [0.25, 0.3) is 0 Å². The van der Waals surface area contributed by atoms with E-state index in [0.717, 1.165) is 24.2 Å². The summed E-state index contributed by atoms with van der Waals surface area (Å²) in [6.07, 6.45) is 1.38. The molecule has 1 aromatic carbocycles. The van der Waals surface area contributed by atoms with Gasteiger partial charge in [0.15, 0.2) is 0 Å². The molecule has 1 aliphatic heterocycles. The van der Waals surface area contributed by atoms with Crippen LogP contribution in [0.25, 0.3) is 0 Å². The summed E-state index contributed by atoms with van der Waals surface area (Å²) >= 11 is 0.